The van der Waals surface area contributed by atoms with E-state index < -0.39 is 0 Å². The van der Waals surface area contributed by atoms with Crippen molar-refractivity contribution in [3.63, 3.8) is 0 Å². The Balaban J connectivity index is 2.00. The molecule has 1 aromatic carbocycles. The largest absolute Gasteiger partial charge is 0.487 e. The maximum atomic E-state index is 5.81. The van der Waals surface area contributed by atoms with Crippen LogP contribution in [0.2, 0.25) is 0 Å². The summed E-state index contributed by atoms with van der Waals surface area (Å²) >= 11 is 8.68. The fraction of sp³-hybridized carbons (Fsp3) is 0.286. The molecule has 19 heavy (non-hydrogen) atoms. The number of nitrogens with two attached hydrogens (primary N) is 1. The van der Waals surface area contributed by atoms with Gasteiger partial charge in [0.1, 0.15) is 12.4 Å². The Labute approximate surface area is 134 Å². The van der Waals surface area contributed by atoms with Gasteiger partial charge in [-0.25, -0.2) is 0 Å². The fourth-order valence-electron chi connectivity index (χ4n) is 1.74. The molecule has 0 aliphatic rings. The maximum Gasteiger partial charge on any atom is 0.134 e. The molecule has 2 N–H and O–H groups in total. The second kappa shape index (κ2) is 6.88. The molecule has 0 radical (unpaired) electrons. The van der Waals surface area contributed by atoms with Gasteiger partial charge in [-0.2, -0.15) is 0 Å². The Kier molecular flexibility index (Phi) is 5.45. The van der Waals surface area contributed by atoms with Crippen LogP contribution in [0.1, 0.15) is 17.4 Å². The van der Waals surface area contributed by atoms with E-state index in [0.717, 1.165) is 20.4 Å². The van der Waals surface area contributed by atoms with E-state index in [1.54, 1.807) is 11.3 Å². The number of thiophene rings is 1. The van der Waals surface area contributed by atoms with Gasteiger partial charge < -0.3 is 10.5 Å². The van der Waals surface area contributed by atoms with Gasteiger partial charge >= 0.3 is 0 Å². The number of hydrogen-bond donors (Lipinski definition) is 1. The molecule has 2 aromatic rings. The molecule has 2 nitrogen and oxygen atoms in total. The quantitative estimate of drug-likeness (QED) is 0.780. The van der Waals surface area contributed by atoms with E-state index in [1.165, 1.54) is 10.4 Å². The van der Waals surface area contributed by atoms with E-state index in [0.29, 0.717) is 6.61 Å². The van der Waals surface area contributed by atoms with Gasteiger partial charge in [0.25, 0.3) is 0 Å². The molecule has 0 saturated carbocycles. The molecule has 1 unspecified atom stereocenters. The third-order valence-electron chi connectivity index (χ3n) is 2.55. The molecule has 0 aliphatic heterocycles. The summed E-state index contributed by atoms with van der Waals surface area (Å²) in [5.74, 6) is 0.859. The predicted octanol–water partition coefficient (Wildman–Crippen LogP) is 4.74. The molecule has 5 heteroatoms. The van der Waals surface area contributed by atoms with Crippen LogP contribution in [0.4, 0.5) is 0 Å². The molecule has 1 atom stereocenters. The van der Waals surface area contributed by atoms with Crippen molar-refractivity contribution in [3.05, 3.63) is 49.0 Å². The van der Waals surface area contributed by atoms with Crippen LogP contribution in [0.25, 0.3) is 0 Å². The van der Waals surface area contributed by atoms with Crippen molar-refractivity contribution in [3.8, 4) is 5.75 Å². The van der Waals surface area contributed by atoms with Crippen LogP contribution in [0, 0.1) is 0 Å². The standard InChI is InChI=1S/C14H15Br2NOS/c1-9(17)6-10-2-4-13(12(15)7-10)18-8-11-3-5-14(16)19-11/h2-5,7,9H,6,8,17H2,1H3. The average molecular weight is 405 g/mol. The number of hydrogen-bond acceptors (Lipinski definition) is 3. The Bertz CT molecular complexity index is 554. The summed E-state index contributed by atoms with van der Waals surface area (Å²) in [6, 6.07) is 10.4. The summed E-state index contributed by atoms with van der Waals surface area (Å²) in [6.45, 7) is 2.59. The minimum Gasteiger partial charge on any atom is -0.487 e. The molecule has 0 spiro atoms. The van der Waals surface area contributed by atoms with Crippen molar-refractivity contribution in [2.75, 3.05) is 0 Å². The Morgan fingerprint density at radius 3 is 2.63 bits per heavy atom. The lowest BCUT2D eigenvalue weighted by molar-refractivity contribution is 0.307. The average Bonchev–Trinajstić information content (AvgIpc) is 2.73. The lowest BCUT2D eigenvalue weighted by Crippen LogP contribution is -2.17. The Morgan fingerprint density at radius 1 is 1.26 bits per heavy atom. The molecule has 2 rings (SSSR count). The van der Waals surface area contributed by atoms with Gasteiger partial charge in [0.05, 0.1) is 8.26 Å². The smallest absolute Gasteiger partial charge is 0.134 e. The number of benzene rings is 1. The van der Waals surface area contributed by atoms with Crippen LogP contribution < -0.4 is 10.5 Å². The van der Waals surface area contributed by atoms with Crippen LogP contribution in [-0.2, 0) is 13.0 Å². The molecule has 0 bridgehead atoms. The zero-order valence-electron chi connectivity index (χ0n) is 10.5. The Hall–Kier alpha value is -0.360. The third-order valence-corrected chi connectivity index (χ3v) is 4.77. The topological polar surface area (TPSA) is 35.2 Å². The van der Waals surface area contributed by atoms with Crippen LogP contribution in [0.15, 0.2) is 38.6 Å². The van der Waals surface area contributed by atoms with Crippen molar-refractivity contribution in [1.29, 1.82) is 0 Å². The van der Waals surface area contributed by atoms with Gasteiger partial charge in [0.15, 0.2) is 0 Å². The van der Waals surface area contributed by atoms with Crippen molar-refractivity contribution in [2.24, 2.45) is 5.73 Å². The molecule has 0 amide bonds. The first-order chi connectivity index (χ1) is 9.04. The van der Waals surface area contributed by atoms with Crippen molar-refractivity contribution in [1.82, 2.24) is 0 Å². The summed E-state index contributed by atoms with van der Waals surface area (Å²) in [5, 5.41) is 0. The lowest BCUT2D eigenvalue weighted by Gasteiger charge is -2.10. The molecule has 0 aliphatic carbocycles. The van der Waals surface area contributed by atoms with E-state index in [-0.39, 0.29) is 6.04 Å². The van der Waals surface area contributed by atoms with Crippen LogP contribution >= 0.6 is 43.2 Å². The van der Waals surface area contributed by atoms with E-state index in [2.05, 4.69) is 50.1 Å². The van der Waals surface area contributed by atoms with Gasteiger partial charge in [-0.3, -0.25) is 0 Å². The van der Waals surface area contributed by atoms with Crippen LogP contribution in [-0.4, -0.2) is 6.04 Å². The van der Waals surface area contributed by atoms with E-state index in [4.69, 9.17) is 10.5 Å². The third kappa shape index (κ3) is 4.60. The first kappa shape index (κ1) is 15.0. The molecule has 1 aromatic heterocycles. The first-order valence-corrected chi connectivity index (χ1v) is 8.36. The first-order valence-electron chi connectivity index (χ1n) is 5.95. The van der Waals surface area contributed by atoms with Gasteiger partial charge in [-0.15, -0.1) is 11.3 Å². The fourth-order valence-corrected chi connectivity index (χ4v) is 3.68. The van der Waals surface area contributed by atoms with Crippen molar-refractivity contribution < 1.29 is 4.74 Å². The molecule has 0 saturated heterocycles. The highest BCUT2D eigenvalue weighted by molar-refractivity contribution is 9.11. The van der Waals surface area contributed by atoms with Gasteiger partial charge in [0, 0.05) is 10.9 Å². The van der Waals surface area contributed by atoms with Crippen molar-refractivity contribution in [2.45, 2.75) is 26.0 Å². The number of halogens is 2. The summed E-state index contributed by atoms with van der Waals surface area (Å²) in [4.78, 5) is 1.19. The lowest BCUT2D eigenvalue weighted by atomic mass is 10.1. The minimum absolute atomic E-state index is 0.169. The highest BCUT2D eigenvalue weighted by Crippen LogP contribution is 2.29. The second-order valence-corrected chi connectivity index (χ2v) is 7.84. The monoisotopic (exact) mass is 403 g/mol. The van der Waals surface area contributed by atoms with E-state index in [1.807, 2.05) is 19.1 Å². The van der Waals surface area contributed by atoms with Gasteiger partial charge in [0.2, 0.25) is 0 Å². The summed E-state index contributed by atoms with van der Waals surface area (Å²) in [6.07, 6.45) is 0.872. The summed E-state index contributed by atoms with van der Waals surface area (Å²) in [5.41, 5.74) is 7.02. The molecule has 102 valence electrons. The van der Waals surface area contributed by atoms with Crippen LogP contribution in [0.3, 0.4) is 0 Å². The van der Waals surface area contributed by atoms with E-state index >= 15 is 0 Å². The highest BCUT2D eigenvalue weighted by Gasteiger charge is 2.06. The van der Waals surface area contributed by atoms with Gasteiger partial charge in [-0.1, -0.05) is 6.07 Å². The number of ether oxygens (including phenoxy) is 1. The van der Waals surface area contributed by atoms with Gasteiger partial charge in [-0.05, 0) is 75.0 Å². The van der Waals surface area contributed by atoms with E-state index in [9.17, 15) is 0 Å². The zero-order valence-corrected chi connectivity index (χ0v) is 14.5. The molecular weight excluding hydrogens is 390 g/mol. The van der Waals surface area contributed by atoms with Crippen LogP contribution in [0.5, 0.6) is 5.75 Å². The summed E-state index contributed by atoms with van der Waals surface area (Å²) < 4.78 is 7.90. The number of rotatable bonds is 5. The minimum atomic E-state index is 0.169. The maximum absolute atomic E-state index is 5.81. The normalized spacial score (nSPS) is 12.4. The molecular formula is C14H15Br2NOS. The zero-order chi connectivity index (χ0) is 13.8. The SMILES string of the molecule is CC(N)Cc1ccc(OCc2ccc(Br)s2)c(Br)c1. The summed E-state index contributed by atoms with van der Waals surface area (Å²) in [7, 11) is 0. The van der Waals surface area contributed by atoms with Crippen molar-refractivity contribution >= 4 is 43.2 Å². The predicted molar refractivity (Wildman–Crippen MR) is 87.8 cm³/mol. The molecule has 1 heterocycles. The highest BCUT2D eigenvalue weighted by atomic mass is 79.9. The Morgan fingerprint density at radius 2 is 2.05 bits per heavy atom. The molecule has 0 fully saturated rings. The second-order valence-electron chi connectivity index (χ2n) is 4.44.